The zero-order valence-corrected chi connectivity index (χ0v) is 25.2. The fourth-order valence-corrected chi connectivity index (χ4v) is 6.84. The zero-order valence-electron chi connectivity index (χ0n) is 22.7. The second-order valence-corrected chi connectivity index (χ2v) is 13.5. The van der Waals surface area contributed by atoms with Crippen LogP contribution >= 0.6 is 19.2 Å². The molecule has 224 valence electrons. The Hall–Kier alpha value is -3.62. The average Bonchev–Trinajstić information content (AvgIpc) is 2.97. The Kier molecular flexibility index (Phi) is 9.72. The van der Waals surface area contributed by atoms with E-state index in [0.717, 1.165) is 39.2 Å². The number of sulfonamides is 1. The first-order chi connectivity index (χ1) is 20.3. The molecule has 0 spiro atoms. The second-order valence-electron chi connectivity index (χ2n) is 9.55. The summed E-state index contributed by atoms with van der Waals surface area (Å²) in [4.78, 5) is 18.1. The number of methoxy groups -OCH3 is 1. The van der Waals surface area contributed by atoms with E-state index < -0.39 is 33.9 Å². The Morgan fingerprint density at radius 2 is 1.44 bits per heavy atom. The van der Waals surface area contributed by atoms with Gasteiger partial charge in [0, 0.05) is 13.1 Å². The highest BCUT2D eigenvalue weighted by atomic mass is 35.5. The topological polar surface area (TPSA) is 128 Å². The molecule has 0 saturated heterocycles. The Bertz CT molecular complexity index is 1810. The monoisotopic (exact) mass is 646 g/mol. The van der Waals surface area contributed by atoms with Crippen molar-refractivity contribution in [1.29, 1.82) is 5.26 Å². The second kappa shape index (κ2) is 12.9. The zero-order chi connectivity index (χ0) is 31.4. The third-order valence-corrected chi connectivity index (χ3v) is 9.77. The summed E-state index contributed by atoms with van der Waals surface area (Å²) in [7, 11) is -8.75. The number of rotatable bonds is 11. The van der Waals surface area contributed by atoms with Gasteiger partial charge in [-0.15, -0.1) is 0 Å². The summed E-state index contributed by atoms with van der Waals surface area (Å²) in [5.74, 6) is 0.109. The molecule has 0 heterocycles. The number of nitrogens with zero attached hydrogens (tertiary/aromatic N) is 2. The summed E-state index contributed by atoms with van der Waals surface area (Å²) in [5.41, 5.74) is -2.08. The molecule has 0 aliphatic heterocycles. The van der Waals surface area contributed by atoms with E-state index in [1.807, 2.05) is 36.4 Å². The van der Waals surface area contributed by atoms with Crippen molar-refractivity contribution in [1.82, 2.24) is 4.31 Å². The minimum Gasteiger partial charge on any atom is -0.495 e. The smallest absolute Gasteiger partial charge is 0.399 e. The molecule has 0 bridgehead atoms. The van der Waals surface area contributed by atoms with Crippen molar-refractivity contribution in [2.75, 3.05) is 7.11 Å². The van der Waals surface area contributed by atoms with E-state index >= 15 is 0 Å². The van der Waals surface area contributed by atoms with Gasteiger partial charge in [0.05, 0.1) is 30.2 Å². The molecule has 4 aromatic rings. The van der Waals surface area contributed by atoms with E-state index in [2.05, 4.69) is 6.07 Å². The van der Waals surface area contributed by atoms with E-state index in [4.69, 9.17) is 31.4 Å². The number of hydrogen-bond donors (Lipinski definition) is 2. The number of nitriles is 1. The minimum atomic E-state index is -5.86. The number of alkyl halides is 2. The molecule has 0 saturated carbocycles. The van der Waals surface area contributed by atoms with Crippen LogP contribution in [0.4, 0.5) is 8.78 Å². The van der Waals surface area contributed by atoms with Gasteiger partial charge in [-0.25, -0.2) is 8.42 Å². The molecule has 8 nitrogen and oxygen atoms in total. The average molecular weight is 647 g/mol. The molecule has 0 aliphatic rings. The lowest BCUT2D eigenvalue weighted by Crippen LogP contribution is -2.30. The molecule has 0 fully saturated rings. The van der Waals surface area contributed by atoms with Gasteiger partial charge in [0.15, 0.2) is 0 Å². The van der Waals surface area contributed by atoms with Crippen LogP contribution in [0.3, 0.4) is 0 Å². The van der Waals surface area contributed by atoms with Crippen LogP contribution in [0, 0.1) is 11.3 Å². The molecule has 0 unspecified atom stereocenters. The fourth-order valence-electron chi connectivity index (χ4n) is 4.37. The van der Waals surface area contributed by atoms with Crippen LogP contribution in [0.1, 0.15) is 22.3 Å². The molecule has 0 aromatic heterocycles. The Balaban J connectivity index is 1.69. The van der Waals surface area contributed by atoms with Crippen molar-refractivity contribution in [2.45, 2.75) is 30.1 Å². The van der Waals surface area contributed by atoms with Crippen LogP contribution in [0.5, 0.6) is 5.75 Å². The standard InChI is InChI=1S/C30H26ClF2N2O6PS/c1-41-28-4-2-3-5-29(28)43(39,40)35(20-23-10-15-26(27(31)18-23)30(32,33)42(36,37)38)19-22-8-13-25(14-9-22)24-11-6-21(7-12-24)16-17-34/h2-15,18H,16,19-20H2,1H3,(H2,36,37,38). The third kappa shape index (κ3) is 7.13. The lowest BCUT2D eigenvalue weighted by atomic mass is 10.0. The summed E-state index contributed by atoms with van der Waals surface area (Å²) < 4.78 is 74.2. The quantitative estimate of drug-likeness (QED) is 0.174. The number of para-hydroxylation sites is 1. The molecule has 43 heavy (non-hydrogen) atoms. The molecule has 2 N–H and O–H groups in total. The van der Waals surface area contributed by atoms with Crippen molar-refractivity contribution < 1.29 is 36.3 Å². The first-order valence-corrected chi connectivity index (χ1v) is 16.1. The van der Waals surface area contributed by atoms with E-state index in [0.29, 0.717) is 12.0 Å². The molecule has 13 heteroatoms. The summed E-state index contributed by atoms with van der Waals surface area (Å²) >= 11 is 6.02. The molecular weight excluding hydrogens is 621 g/mol. The predicted molar refractivity (Wildman–Crippen MR) is 158 cm³/mol. The molecular formula is C30H26ClF2N2O6PS. The maximum atomic E-state index is 14.3. The van der Waals surface area contributed by atoms with Crippen molar-refractivity contribution in [2.24, 2.45) is 0 Å². The largest absolute Gasteiger partial charge is 0.495 e. The third-order valence-electron chi connectivity index (χ3n) is 6.65. The van der Waals surface area contributed by atoms with Gasteiger partial charge in [0.2, 0.25) is 10.0 Å². The van der Waals surface area contributed by atoms with Crippen LogP contribution in [-0.2, 0) is 39.8 Å². The normalized spacial score (nSPS) is 12.2. The van der Waals surface area contributed by atoms with Gasteiger partial charge in [-0.05, 0) is 46.0 Å². The predicted octanol–water partition coefficient (Wildman–Crippen LogP) is 6.70. The molecule has 0 aliphatic carbocycles. The van der Waals surface area contributed by atoms with Crippen molar-refractivity contribution in [3.63, 3.8) is 0 Å². The molecule has 0 atom stereocenters. The number of halogens is 3. The van der Waals surface area contributed by atoms with Gasteiger partial charge in [-0.1, -0.05) is 84.4 Å². The summed E-state index contributed by atoms with van der Waals surface area (Å²) in [6.45, 7) is -0.413. The number of hydrogen-bond acceptors (Lipinski definition) is 5. The van der Waals surface area contributed by atoms with Gasteiger partial charge >= 0.3 is 13.3 Å². The Morgan fingerprint density at radius 1 is 0.907 bits per heavy atom. The maximum absolute atomic E-state index is 14.3. The van der Waals surface area contributed by atoms with Gasteiger partial charge in [-0.2, -0.15) is 18.3 Å². The Labute approximate surface area is 253 Å². The van der Waals surface area contributed by atoms with E-state index in [1.165, 1.54) is 19.2 Å². The first-order valence-electron chi connectivity index (χ1n) is 12.7. The first kappa shape index (κ1) is 32.3. The van der Waals surface area contributed by atoms with E-state index in [1.54, 1.807) is 24.3 Å². The highest BCUT2D eigenvalue weighted by Crippen LogP contribution is 2.60. The summed E-state index contributed by atoms with van der Waals surface area (Å²) in [6, 6.07) is 25.8. The van der Waals surface area contributed by atoms with Crippen molar-refractivity contribution in [3.05, 3.63) is 118 Å². The fraction of sp³-hybridized carbons (Fsp3) is 0.167. The molecule has 0 radical (unpaired) electrons. The SMILES string of the molecule is COc1ccccc1S(=O)(=O)N(Cc1ccc(-c2ccc(CC#N)cc2)cc1)Cc1ccc(C(F)(F)P(=O)(O)O)c(Cl)c1. The molecule has 4 rings (SSSR count). The lowest BCUT2D eigenvalue weighted by molar-refractivity contribution is 0.0565. The van der Waals surface area contributed by atoms with Crippen molar-refractivity contribution >= 4 is 29.2 Å². The Morgan fingerprint density at radius 3 is 1.98 bits per heavy atom. The maximum Gasteiger partial charge on any atom is 0.399 e. The van der Waals surface area contributed by atoms with E-state index in [-0.39, 0.29) is 29.3 Å². The lowest BCUT2D eigenvalue weighted by Gasteiger charge is -2.24. The summed E-state index contributed by atoms with van der Waals surface area (Å²) in [5, 5.41) is 8.26. The minimum absolute atomic E-state index is 0.109. The van der Waals surface area contributed by atoms with Gasteiger partial charge in [0.25, 0.3) is 0 Å². The molecule has 0 amide bonds. The van der Waals surface area contributed by atoms with Crippen LogP contribution in [0.25, 0.3) is 11.1 Å². The van der Waals surface area contributed by atoms with Gasteiger partial charge < -0.3 is 14.5 Å². The van der Waals surface area contributed by atoms with Crippen molar-refractivity contribution in [3.8, 4) is 22.9 Å². The van der Waals surface area contributed by atoms with Crippen LogP contribution in [-0.4, -0.2) is 29.6 Å². The number of benzene rings is 4. The van der Waals surface area contributed by atoms with Crippen LogP contribution in [0.15, 0.2) is 95.9 Å². The van der Waals surface area contributed by atoms with Gasteiger partial charge in [-0.3, -0.25) is 4.57 Å². The van der Waals surface area contributed by atoms with Crippen LogP contribution in [0.2, 0.25) is 5.02 Å². The van der Waals surface area contributed by atoms with Crippen LogP contribution < -0.4 is 4.74 Å². The highest BCUT2D eigenvalue weighted by molar-refractivity contribution is 7.89. The van der Waals surface area contributed by atoms with Gasteiger partial charge in [0.1, 0.15) is 10.6 Å². The summed E-state index contributed by atoms with van der Waals surface area (Å²) in [6.07, 6.45) is 0.301. The molecule has 4 aromatic carbocycles. The highest BCUT2D eigenvalue weighted by Gasteiger charge is 2.51. The number of ether oxygens (including phenoxy) is 1. The van der Waals surface area contributed by atoms with E-state index in [9.17, 15) is 21.8 Å².